The topological polar surface area (TPSA) is 140 Å². The van der Waals surface area contributed by atoms with E-state index in [4.69, 9.17) is 9.47 Å². The van der Waals surface area contributed by atoms with Crippen LogP contribution in [0.2, 0.25) is 0 Å². The van der Waals surface area contributed by atoms with Crippen molar-refractivity contribution in [2.24, 2.45) is 45.3 Å². The summed E-state index contributed by atoms with van der Waals surface area (Å²) in [6.45, 7) is 17.2. The van der Waals surface area contributed by atoms with E-state index in [0.29, 0.717) is 25.2 Å². The van der Waals surface area contributed by atoms with Gasteiger partial charge in [-0.15, -0.1) is 0 Å². The summed E-state index contributed by atoms with van der Waals surface area (Å²) < 4.78 is 12.6. The van der Waals surface area contributed by atoms with Gasteiger partial charge in [0.2, 0.25) is 0 Å². The smallest absolute Gasteiger partial charge is 0.186 e. The fourth-order valence-electron chi connectivity index (χ4n) is 11.5. The number of rotatable bonds is 6. The van der Waals surface area contributed by atoms with E-state index in [1.54, 1.807) is 0 Å². The van der Waals surface area contributed by atoms with Crippen molar-refractivity contribution in [3.63, 3.8) is 0 Å². The Morgan fingerprint density at radius 3 is 2.18 bits per heavy atom. The van der Waals surface area contributed by atoms with Crippen molar-refractivity contribution in [1.82, 2.24) is 0 Å². The van der Waals surface area contributed by atoms with E-state index in [1.165, 1.54) is 11.1 Å². The van der Waals surface area contributed by atoms with Gasteiger partial charge in [0.15, 0.2) is 6.29 Å². The fraction of sp³-hybridized carbons (Fsp3) is 0.889. The summed E-state index contributed by atoms with van der Waals surface area (Å²) in [5.41, 5.74) is 1.49. The zero-order valence-electron chi connectivity index (χ0n) is 28.2. The van der Waals surface area contributed by atoms with Gasteiger partial charge in [-0.3, -0.25) is 0 Å². The molecular weight excluding hydrogens is 560 g/mol. The molecule has 1 heterocycles. The number of hydrogen-bond donors (Lipinski definition) is 6. The van der Waals surface area contributed by atoms with Crippen LogP contribution in [0.3, 0.4) is 0 Å². The Labute approximate surface area is 264 Å². The van der Waals surface area contributed by atoms with Crippen molar-refractivity contribution in [3.05, 3.63) is 23.3 Å². The van der Waals surface area contributed by atoms with E-state index in [9.17, 15) is 30.6 Å². The van der Waals surface area contributed by atoms with Crippen molar-refractivity contribution < 1.29 is 40.1 Å². The highest BCUT2D eigenvalue weighted by molar-refractivity contribution is 5.24. The summed E-state index contributed by atoms with van der Waals surface area (Å²) in [6.07, 6.45) is 2.23. The van der Waals surface area contributed by atoms with Gasteiger partial charge in [0.05, 0.1) is 24.9 Å². The number of aliphatic hydroxyl groups excluding tert-OH is 6. The fourth-order valence-corrected chi connectivity index (χ4v) is 11.5. The van der Waals surface area contributed by atoms with Gasteiger partial charge >= 0.3 is 0 Å². The Kier molecular flexibility index (Phi) is 9.40. The van der Waals surface area contributed by atoms with Crippen molar-refractivity contribution in [3.8, 4) is 0 Å². The van der Waals surface area contributed by atoms with Crippen LogP contribution in [0.15, 0.2) is 23.3 Å². The van der Waals surface area contributed by atoms with Crippen LogP contribution in [-0.4, -0.2) is 86.3 Å². The van der Waals surface area contributed by atoms with E-state index in [1.807, 2.05) is 0 Å². The molecule has 6 N–H and O–H groups in total. The van der Waals surface area contributed by atoms with Gasteiger partial charge in [0.1, 0.15) is 24.4 Å². The maximum Gasteiger partial charge on any atom is 0.186 e. The molecule has 0 aromatic heterocycles. The summed E-state index contributed by atoms with van der Waals surface area (Å²) in [5.74, 6) is 0.506. The Bertz CT molecular complexity index is 1110. The number of allylic oxidation sites excluding steroid dienone is 4. The highest BCUT2D eigenvalue weighted by Crippen LogP contribution is 2.76. The molecule has 0 amide bonds. The first-order chi connectivity index (χ1) is 20.4. The van der Waals surface area contributed by atoms with Crippen molar-refractivity contribution in [1.29, 1.82) is 0 Å². The number of ether oxygens (including phenoxy) is 2. The van der Waals surface area contributed by atoms with Gasteiger partial charge in [-0.05, 0) is 111 Å². The Morgan fingerprint density at radius 2 is 1.55 bits per heavy atom. The largest absolute Gasteiger partial charge is 0.394 e. The summed E-state index contributed by atoms with van der Waals surface area (Å²) in [5, 5.41) is 65.2. The molecule has 1 saturated heterocycles. The second-order valence-corrected chi connectivity index (χ2v) is 16.8. The zero-order valence-corrected chi connectivity index (χ0v) is 28.2. The van der Waals surface area contributed by atoms with Crippen LogP contribution >= 0.6 is 0 Å². The normalized spacial score (nSPS) is 52.1. The molecule has 4 aliphatic carbocycles. The molecule has 44 heavy (non-hydrogen) atoms. The minimum Gasteiger partial charge on any atom is -0.394 e. The standard InChI is InChI=1S/C36H60O8/c1-19(2)10-9-11-20(3)21-12-15-35(7)27(21)22(38)16-25-34(6)14-13-26(39)33(4,5)31(34)23(17-36(25,35)8)43-32-30(42)29(41)28(40)24(18-37)44-32/h10-11,21-32,37-42H,9,12-18H2,1-8H3/b20-11-/t21-,22+,23+,24-,25-,26+,27+,28-,29+,30-,31-,32-,34-,35-,36-/m1/s1. The van der Waals surface area contributed by atoms with Crippen LogP contribution in [0.5, 0.6) is 0 Å². The van der Waals surface area contributed by atoms with Crippen LogP contribution in [-0.2, 0) is 9.47 Å². The summed E-state index contributed by atoms with van der Waals surface area (Å²) in [6, 6.07) is 0. The molecule has 4 saturated carbocycles. The average molecular weight is 621 g/mol. The lowest BCUT2D eigenvalue weighted by molar-refractivity contribution is -0.346. The zero-order chi connectivity index (χ0) is 32.6. The van der Waals surface area contributed by atoms with Crippen molar-refractivity contribution in [2.75, 3.05) is 6.61 Å². The highest BCUT2D eigenvalue weighted by atomic mass is 16.7. The number of hydrogen-bond acceptors (Lipinski definition) is 8. The lowest BCUT2D eigenvalue weighted by Gasteiger charge is -2.72. The first kappa shape index (κ1) is 34.5. The minimum absolute atomic E-state index is 0.112. The second kappa shape index (κ2) is 12.0. The Hall–Kier alpha value is -0.840. The molecule has 0 radical (unpaired) electrons. The molecule has 5 fully saturated rings. The number of aliphatic hydroxyl groups is 6. The molecule has 8 heteroatoms. The molecule has 8 nitrogen and oxygen atoms in total. The molecule has 5 rings (SSSR count). The summed E-state index contributed by atoms with van der Waals surface area (Å²) in [4.78, 5) is 0. The molecule has 0 spiro atoms. The molecule has 0 aromatic rings. The van der Waals surface area contributed by atoms with Crippen LogP contribution < -0.4 is 0 Å². The summed E-state index contributed by atoms with van der Waals surface area (Å²) >= 11 is 0. The van der Waals surface area contributed by atoms with E-state index in [0.717, 1.165) is 25.7 Å². The van der Waals surface area contributed by atoms with Crippen LogP contribution in [0.25, 0.3) is 0 Å². The van der Waals surface area contributed by atoms with Gasteiger partial charge in [-0.1, -0.05) is 57.9 Å². The van der Waals surface area contributed by atoms with Crippen molar-refractivity contribution in [2.45, 2.75) is 149 Å². The maximum absolute atomic E-state index is 12.0. The molecule has 0 bridgehead atoms. The minimum atomic E-state index is -1.52. The third kappa shape index (κ3) is 5.18. The van der Waals surface area contributed by atoms with E-state index >= 15 is 0 Å². The molecule has 1 aliphatic heterocycles. The third-order valence-corrected chi connectivity index (χ3v) is 13.9. The maximum atomic E-state index is 12.0. The Morgan fingerprint density at radius 1 is 0.864 bits per heavy atom. The van der Waals surface area contributed by atoms with Gasteiger partial charge in [0, 0.05) is 0 Å². The van der Waals surface area contributed by atoms with Gasteiger partial charge in [-0.25, -0.2) is 0 Å². The quantitative estimate of drug-likeness (QED) is 0.193. The van der Waals surface area contributed by atoms with Crippen LogP contribution in [0, 0.1) is 45.3 Å². The van der Waals surface area contributed by atoms with Crippen LogP contribution in [0.1, 0.15) is 100 Å². The molecule has 0 aromatic carbocycles. The van der Waals surface area contributed by atoms with Gasteiger partial charge in [-0.2, -0.15) is 0 Å². The lowest BCUT2D eigenvalue weighted by Crippen LogP contribution is -2.70. The Balaban J connectivity index is 1.55. The molecule has 0 unspecified atom stereocenters. The first-order valence-electron chi connectivity index (χ1n) is 17.1. The number of fused-ring (bicyclic) bond motifs is 5. The molecular formula is C36H60O8. The van der Waals surface area contributed by atoms with Gasteiger partial charge < -0.3 is 40.1 Å². The lowest BCUT2D eigenvalue weighted by atomic mass is 9.34. The van der Waals surface area contributed by atoms with E-state index < -0.39 is 61.0 Å². The van der Waals surface area contributed by atoms with Crippen LogP contribution in [0.4, 0.5) is 0 Å². The van der Waals surface area contributed by atoms with E-state index in [2.05, 4.69) is 67.5 Å². The highest BCUT2D eigenvalue weighted by Gasteiger charge is 2.72. The van der Waals surface area contributed by atoms with Gasteiger partial charge in [0.25, 0.3) is 0 Å². The van der Waals surface area contributed by atoms with Crippen molar-refractivity contribution >= 4 is 0 Å². The first-order valence-corrected chi connectivity index (χ1v) is 17.1. The predicted octanol–water partition coefficient (Wildman–Crippen LogP) is 4.10. The molecule has 15 atom stereocenters. The predicted molar refractivity (Wildman–Crippen MR) is 168 cm³/mol. The second-order valence-electron chi connectivity index (χ2n) is 16.8. The average Bonchev–Trinajstić information content (AvgIpc) is 3.32. The monoisotopic (exact) mass is 620 g/mol. The SMILES string of the molecule is CC(C)=CC/C=C(/C)[C@H]1CC[C@]2(C)[C@@H]1[C@@H](O)C[C@@H]1[C@@]3(C)CC[C@H](O)C(C)(C)[C@H]3[C@@H](O[C@@H]3O[C@H](CO)[C@@H](O)[C@H](O)[C@H]3O)C[C@]12C. The molecule has 5 aliphatic rings. The molecule has 252 valence electrons. The third-order valence-electron chi connectivity index (χ3n) is 13.9. The van der Waals surface area contributed by atoms with E-state index in [-0.39, 0.29) is 34.0 Å². The summed E-state index contributed by atoms with van der Waals surface area (Å²) in [7, 11) is 0.